The minimum absolute atomic E-state index is 0.276. The molecule has 0 amide bonds. The van der Waals surface area contributed by atoms with Crippen molar-refractivity contribution in [2.75, 3.05) is 29.9 Å². The van der Waals surface area contributed by atoms with Crippen molar-refractivity contribution < 1.29 is 5.11 Å². The zero-order valence-corrected chi connectivity index (χ0v) is 16.4. The number of nitrogens with zero attached hydrogens (tertiary/aromatic N) is 2. The van der Waals surface area contributed by atoms with Gasteiger partial charge in [0.25, 0.3) is 0 Å². The van der Waals surface area contributed by atoms with E-state index >= 15 is 0 Å². The normalized spacial score (nSPS) is 17.0. The van der Waals surface area contributed by atoms with E-state index in [0.717, 1.165) is 59.1 Å². The summed E-state index contributed by atoms with van der Waals surface area (Å²) in [6.45, 7) is 2.27. The molecule has 4 nitrogen and oxygen atoms in total. The molecule has 1 atom stereocenters. The summed E-state index contributed by atoms with van der Waals surface area (Å²) in [6, 6.07) is 25.2. The topological polar surface area (TPSA) is 48.4 Å². The van der Waals surface area contributed by atoms with Gasteiger partial charge >= 0.3 is 0 Å². The van der Waals surface area contributed by atoms with Crippen molar-refractivity contribution in [2.24, 2.45) is 5.92 Å². The molecule has 1 fully saturated rings. The van der Waals surface area contributed by atoms with E-state index in [0.29, 0.717) is 5.92 Å². The van der Waals surface area contributed by atoms with Crippen molar-refractivity contribution in [3.05, 3.63) is 72.8 Å². The lowest BCUT2D eigenvalue weighted by Gasteiger charge is -2.33. The highest BCUT2D eigenvalue weighted by Gasteiger charge is 2.19. The first-order valence-corrected chi connectivity index (χ1v) is 10.3. The van der Waals surface area contributed by atoms with Gasteiger partial charge in [0.05, 0.1) is 16.7 Å². The molecule has 2 N–H and O–H groups in total. The molecule has 4 heteroatoms. The Balaban J connectivity index is 1.48. The van der Waals surface area contributed by atoms with Gasteiger partial charge in [0.15, 0.2) is 0 Å². The first kappa shape index (κ1) is 18.0. The van der Waals surface area contributed by atoms with E-state index in [2.05, 4.69) is 70.9 Å². The van der Waals surface area contributed by atoms with Gasteiger partial charge in [-0.3, -0.25) is 0 Å². The van der Waals surface area contributed by atoms with E-state index in [9.17, 15) is 5.11 Å². The molecular weight excluding hydrogens is 358 g/mol. The van der Waals surface area contributed by atoms with Gasteiger partial charge < -0.3 is 15.3 Å². The van der Waals surface area contributed by atoms with Crippen LogP contribution in [-0.4, -0.2) is 29.8 Å². The molecule has 5 rings (SSSR count). The number of aromatic nitrogens is 1. The fourth-order valence-electron chi connectivity index (χ4n) is 4.32. The molecule has 1 unspecified atom stereocenters. The molecule has 0 spiro atoms. The second-order valence-corrected chi connectivity index (χ2v) is 7.83. The van der Waals surface area contributed by atoms with Crippen LogP contribution in [0.2, 0.25) is 0 Å². The van der Waals surface area contributed by atoms with Crippen LogP contribution < -0.4 is 10.2 Å². The van der Waals surface area contributed by atoms with Crippen molar-refractivity contribution >= 4 is 38.9 Å². The summed E-state index contributed by atoms with van der Waals surface area (Å²) in [5, 5.41) is 15.4. The monoisotopic (exact) mass is 383 g/mol. The SMILES string of the molecule is OCC1CCCN(c2ccc(Nc3c4ccccc4nc4ccccc34)cc2)C1. The highest BCUT2D eigenvalue weighted by molar-refractivity contribution is 6.08. The fraction of sp³-hybridized carbons (Fsp3) is 0.240. The quantitative estimate of drug-likeness (QED) is 0.467. The van der Waals surface area contributed by atoms with E-state index in [1.165, 1.54) is 5.69 Å². The molecule has 0 bridgehead atoms. The average molecular weight is 383 g/mol. The van der Waals surface area contributed by atoms with Crippen molar-refractivity contribution in [3.8, 4) is 0 Å². The summed E-state index contributed by atoms with van der Waals surface area (Å²) < 4.78 is 0. The number of nitrogens with one attached hydrogen (secondary N) is 1. The lowest BCUT2D eigenvalue weighted by molar-refractivity contribution is 0.209. The predicted octanol–water partition coefficient (Wildman–Crippen LogP) is 5.34. The smallest absolute Gasteiger partial charge is 0.0730 e. The van der Waals surface area contributed by atoms with E-state index in [-0.39, 0.29) is 6.61 Å². The zero-order valence-electron chi connectivity index (χ0n) is 16.4. The third-order valence-corrected chi connectivity index (χ3v) is 5.87. The molecule has 1 aliphatic rings. The van der Waals surface area contributed by atoms with Crippen LogP contribution in [0.15, 0.2) is 72.8 Å². The van der Waals surface area contributed by atoms with Crippen LogP contribution in [0.4, 0.5) is 17.1 Å². The van der Waals surface area contributed by atoms with E-state index in [1.807, 2.05) is 12.1 Å². The van der Waals surface area contributed by atoms with Crippen LogP contribution in [0.3, 0.4) is 0 Å². The first-order valence-electron chi connectivity index (χ1n) is 10.3. The minimum Gasteiger partial charge on any atom is -0.396 e. The standard InChI is InChI=1S/C25H25N3O/c29-17-18-6-5-15-28(16-18)20-13-11-19(12-14-20)26-25-21-7-1-3-9-23(21)27-24-10-4-2-8-22(24)25/h1-4,7-14,18,29H,5-6,15-17H2,(H,26,27). The predicted molar refractivity (Wildman–Crippen MR) is 121 cm³/mol. The summed E-state index contributed by atoms with van der Waals surface area (Å²) >= 11 is 0. The Kier molecular flexibility index (Phi) is 4.78. The largest absolute Gasteiger partial charge is 0.396 e. The Hall–Kier alpha value is -3.11. The number of fused-ring (bicyclic) bond motifs is 2. The van der Waals surface area contributed by atoms with E-state index < -0.39 is 0 Å². The van der Waals surface area contributed by atoms with Crippen molar-refractivity contribution in [3.63, 3.8) is 0 Å². The van der Waals surface area contributed by atoms with Crippen LogP contribution in [0.25, 0.3) is 21.8 Å². The second-order valence-electron chi connectivity index (χ2n) is 7.83. The number of aliphatic hydroxyl groups is 1. The maximum absolute atomic E-state index is 9.50. The van der Waals surface area contributed by atoms with Gasteiger partial charge in [-0.2, -0.15) is 0 Å². The van der Waals surface area contributed by atoms with Gasteiger partial charge in [0.2, 0.25) is 0 Å². The highest BCUT2D eigenvalue weighted by Crippen LogP contribution is 2.33. The summed E-state index contributed by atoms with van der Waals surface area (Å²) in [7, 11) is 0. The third kappa shape index (κ3) is 3.52. The number of para-hydroxylation sites is 2. The van der Waals surface area contributed by atoms with Crippen molar-refractivity contribution in [1.29, 1.82) is 0 Å². The van der Waals surface area contributed by atoms with Gasteiger partial charge in [-0.05, 0) is 55.2 Å². The molecule has 1 aliphatic heterocycles. The summed E-state index contributed by atoms with van der Waals surface area (Å²) in [4.78, 5) is 7.18. The molecule has 1 saturated heterocycles. The molecule has 1 aromatic heterocycles. The number of hydrogen-bond donors (Lipinski definition) is 2. The maximum Gasteiger partial charge on any atom is 0.0730 e. The Morgan fingerprint density at radius 2 is 1.55 bits per heavy atom. The number of benzene rings is 3. The number of hydrogen-bond acceptors (Lipinski definition) is 4. The van der Waals surface area contributed by atoms with Crippen LogP contribution in [0, 0.1) is 5.92 Å². The minimum atomic E-state index is 0.276. The van der Waals surface area contributed by atoms with Crippen LogP contribution in [-0.2, 0) is 0 Å². The van der Waals surface area contributed by atoms with Crippen LogP contribution in [0.5, 0.6) is 0 Å². The van der Waals surface area contributed by atoms with Crippen molar-refractivity contribution in [2.45, 2.75) is 12.8 Å². The second kappa shape index (κ2) is 7.72. The molecule has 0 aliphatic carbocycles. The molecule has 2 heterocycles. The van der Waals surface area contributed by atoms with E-state index in [4.69, 9.17) is 4.98 Å². The number of anilines is 3. The van der Waals surface area contributed by atoms with Gasteiger partial charge in [0.1, 0.15) is 0 Å². The summed E-state index contributed by atoms with van der Waals surface area (Å²) in [5.41, 5.74) is 5.36. The Morgan fingerprint density at radius 1 is 0.897 bits per heavy atom. The lowest BCUT2D eigenvalue weighted by Crippen LogP contribution is -2.36. The molecule has 0 saturated carbocycles. The highest BCUT2D eigenvalue weighted by atomic mass is 16.3. The summed E-state index contributed by atoms with van der Waals surface area (Å²) in [6.07, 6.45) is 2.26. The van der Waals surface area contributed by atoms with Crippen LogP contribution in [0.1, 0.15) is 12.8 Å². The van der Waals surface area contributed by atoms with Gasteiger partial charge in [0, 0.05) is 41.8 Å². The maximum atomic E-state index is 9.50. The zero-order chi connectivity index (χ0) is 19.6. The molecular formula is C25H25N3O. The Morgan fingerprint density at radius 3 is 2.21 bits per heavy atom. The van der Waals surface area contributed by atoms with Crippen LogP contribution >= 0.6 is 0 Å². The van der Waals surface area contributed by atoms with E-state index in [1.54, 1.807) is 0 Å². The molecule has 4 aromatic rings. The van der Waals surface area contributed by atoms with Gasteiger partial charge in [-0.25, -0.2) is 4.98 Å². The van der Waals surface area contributed by atoms with Gasteiger partial charge in [-0.1, -0.05) is 36.4 Å². The summed E-state index contributed by atoms with van der Waals surface area (Å²) in [5.74, 6) is 0.385. The van der Waals surface area contributed by atoms with Crippen molar-refractivity contribution in [1.82, 2.24) is 4.98 Å². The first-order chi connectivity index (χ1) is 14.3. The molecule has 0 radical (unpaired) electrons. The molecule has 29 heavy (non-hydrogen) atoms. The number of piperidine rings is 1. The third-order valence-electron chi connectivity index (χ3n) is 5.87. The lowest BCUT2D eigenvalue weighted by atomic mass is 9.98. The Bertz CT molecular complexity index is 1090. The Labute approximate surface area is 170 Å². The fourth-order valence-corrected chi connectivity index (χ4v) is 4.32. The number of pyridine rings is 1. The van der Waals surface area contributed by atoms with Gasteiger partial charge in [-0.15, -0.1) is 0 Å². The number of aliphatic hydroxyl groups excluding tert-OH is 1. The average Bonchev–Trinajstić information content (AvgIpc) is 2.79. The molecule has 146 valence electrons. The molecule has 3 aromatic carbocycles. The number of rotatable bonds is 4.